The maximum Gasteiger partial charge on any atom is 0.204 e. The smallest absolute Gasteiger partial charge is 0.204 e. The van der Waals surface area contributed by atoms with E-state index in [-0.39, 0.29) is 0 Å². The van der Waals surface area contributed by atoms with E-state index in [2.05, 4.69) is 0 Å². The molecule has 0 unspecified atom stereocenters. The van der Waals surface area contributed by atoms with Crippen LogP contribution >= 0.6 is 0 Å². The minimum absolute atomic E-state index is 0.682. The van der Waals surface area contributed by atoms with E-state index >= 15 is 0 Å². The van der Waals surface area contributed by atoms with Crippen LogP contribution in [0, 0.1) is 0 Å². The van der Waals surface area contributed by atoms with E-state index < -0.39 is 0 Å². The van der Waals surface area contributed by atoms with Crippen LogP contribution in [0.1, 0.15) is 6.92 Å². The van der Waals surface area contributed by atoms with Gasteiger partial charge in [0.05, 0.1) is 6.61 Å². The second-order valence-corrected chi connectivity index (χ2v) is 2.49. The lowest BCUT2D eigenvalue weighted by atomic mass is 10.3. The monoisotopic (exact) mass is 168 g/mol. The van der Waals surface area contributed by atoms with Crippen LogP contribution in [0.25, 0.3) is 0 Å². The number of benzene rings is 1. The molecule has 0 heterocycles. The van der Waals surface area contributed by atoms with Gasteiger partial charge in [-0.2, -0.15) is 0 Å². The van der Waals surface area contributed by atoms with Gasteiger partial charge in [0.1, 0.15) is 5.75 Å². The zero-order chi connectivity index (χ0) is 8.10. The molecule has 60 valence electrons. The third kappa shape index (κ3) is 1.98. The number of ether oxygens (including phenoxy) is 1. The SMILES string of the molecule is CCOc1ccccc1O[SiH3]. The van der Waals surface area contributed by atoms with Gasteiger partial charge < -0.3 is 9.16 Å². The normalized spacial score (nSPS) is 9.55. The van der Waals surface area contributed by atoms with E-state index in [1.54, 1.807) is 0 Å². The highest BCUT2D eigenvalue weighted by molar-refractivity contribution is 6.00. The molecule has 0 radical (unpaired) electrons. The van der Waals surface area contributed by atoms with Crippen molar-refractivity contribution in [1.82, 2.24) is 0 Å². The first-order chi connectivity index (χ1) is 5.38. The predicted octanol–water partition coefficient (Wildman–Crippen LogP) is 0.744. The van der Waals surface area contributed by atoms with E-state index in [1.165, 1.54) is 0 Å². The molecule has 0 aliphatic heterocycles. The molecule has 1 aromatic carbocycles. The van der Waals surface area contributed by atoms with Crippen molar-refractivity contribution in [3.63, 3.8) is 0 Å². The van der Waals surface area contributed by atoms with Gasteiger partial charge in [0, 0.05) is 0 Å². The largest absolute Gasteiger partial charge is 0.551 e. The average Bonchev–Trinajstić information content (AvgIpc) is 2.06. The Hall–Kier alpha value is -0.963. The summed E-state index contributed by atoms with van der Waals surface area (Å²) < 4.78 is 10.5. The molecule has 1 aromatic rings. The lowest BCUT2D eigenvalue weighted by Gasteiger charge is -2.07. The predicted molar refractivity (Wildman–Crippen MR) is 48.2 cm³/mol. The minimum Gasteiger partial charge on any atom is -0.551 e. The quantitative estimate of drug-likeness (QED) is 0.620. The van der Waals surface area contributed by atoms with Gasteiger partial charge >= 0.3 is 0 Å². The van der Waals surface area contributed by atoms with E-state index in [1.807, 2.05) is 31.2 Å². The summed E-state index contributed by atoms with van der Waals surface area (Å²) in [7, 11) is 0.702. The number of para-hydroxylation sites is 2. The molecule has 0 bridgehead atoms. The van der Waals surface area contributed by atoms with E-state index in [4.69, 9.17) is 9.16 Å². The van der Waals surface area contributed by atoms with Crippen LogP contribution in [0.3, 0.4) is 0 Å². The molecular formula is C8H12O2Si. The van der Waals surface area contributed by atoms with Crippen LogP contribution in [0.2, 0.25) is 0 Å². The molecule has 2 nitrogen and oxygen atoms in total. The first-order valence-electron chi connectivity index (χ1n) is 3.64. The molecular weight excluding hydrogens is 156 g/mol. The summed E-state index contributed by atoms with van der Waals surface area (Å²) in [6.07, 6.45) is 0. The molecule has 0 aliphatic rings. The van der Waals surface area contributed by atoms with Gasteiger partial charge in [-0.15, -0.1) is 0 Å². The first-order valence-corrected chi connectivity index (χ1v) is 4.46. The molecule has 0 atom stereocenters. The number of hydrogen-bond donors (Lipinski definition) is 0. The Morgan fingerprint density at radius 1 is 1.27 bits per heavy atom. The maximum absolute atomic E-state index is 5.33. The second-order valence-electron chi connectivity index (χ2n) is 2.08. The zero-order valence-electron chi connectivity index (χ0n) is 6.83. The fourth-order valence-electron chi connectivity index (χ4n) is 0.894. The molecule has 0 fully saturated rings. The highest BCUT2D eigenvalue weighted by Gasteiger charge is 1.98. The van der Waals surface area contributed by atoms with E-state index in [0.717, 1.165) is 11.5 Å². The molecule has 0 saturated carbocycles. The van der Waals surface area contributed by atoms with Gasteiger partial charge in [-0.1, -0.05) is 12.1 Å². The molecule has 0 spiro atoms. The van der Waals surface area contributed by atoms with Crippen molar-refractivity contribution in [2.24, 2.45) is 0 Å². The summed E-state index contributed by atoms with van der Waals surface area (Å²) >= 11 is 0. The molecule has 0 N–H and O–H groups in total. The Labute approximate surface area is 69.7 Å². The van der Waals surface area contributed by atoms with Crippen molar-refractivity contribution in [2.45, 2.75) is 6.92 Å². The Kier molecular flexibility index (Phi) is 2.98. The summed E-state index contributed by atoms with van der Waals surface area (Å²) in [5.74, 6) is 1.69. The lowest BCUT2D eigenvalue weighted by Crippen LogP contribution is -1.94. The van der Waals surface area contributed by atoms with Gasteiger partial charge in [-0.3, -0.25) is 0 Å². The summed E-state index contributed by atoms with van der Waals surface area (Å²) in [5.41, 5.74) is 0. The van der Waals surface area contributed by atoms with Crippen molar-refractivity contribution in [1.29, 1.82) is 0 Å². The molecule has 0 aliphatic carbocycles. The van der Waals surface area contributed by atoms with E-state index in [9.17, 15) is 0 Å². The molecule has 11 heavy (non-hydrogen) atoms. The maximum atomic E-state index is 5.33. The van der Waals surface area contributed by atoms with E-state index in [0.29, 0.717) is 17.1 Å². The summed E-state index contributed by atoms with van der Waals surface area (Å²) in [5, 5.41) is 0. The van der Waals surface area contributed by atoms with Crippen LogP contribution in [0.15, 0.2) is 24.3 Å². The molecule has 0 aromatic heterocycles. The van der Waals surface area contributed by atoms with Gasteiger partial charge in [0.2, 0.25) is 10.5 Å². The fraction of sp³-hybridized carbons (Fsp3) is 0.250. The second kappa shape index (κ2) is 4.03. The molecule has 1 rings (SSSR count). The van der Waals surface area contributed by atoms with Crippen molar-refractivity contribution >= 4 is 10.5 Å². The third-order valence-corrected chi connectivity index (χ3v) is 1.81. The Balaban J connectivity index is 2.83. The van der Waals surface area contributed by atoms with Gasteiger partial charge in [-0.05, 0) is 19.1 Å². The standard InChI is InChI=1S/C8H12O2Si/c1-2-9-7-5-3-4-6-8(7)10-11/h3-6H,2H2,1,11H3. The zero-order valence-corrected chi connectivity index (χ0v) is 8.83. The summed E-state index contributed by atoms with van der Waals surface area (Å²) in [6, 6.07) is 7.71. The Morgan fingerprint density at radius 2 is 1.91 bits per heavy atom. The van der Waals surface area contributed by atoms with Crippen molar-refractivity contribution in [3.05, 3.63) is 24.3 Å². The first kappa shape index (κ1) is 8.14. The fourth-order valence-corrected chi connectivity index (χ4v) is 1.23. The summed E-state index contributed by atoms with van der Waals surface area (Å²) in [6.45, 7) is 2.64. The average molecular weight is 168 g/mol. The lowest BCUT2D eigenvalue weighted by molar-refractivity contribution is 0.329. The van der Waals surface area contributed by atoms with Crippen molar-refractivity contribution in [3.8, 4) is 11.5 Å². The van der Waals surface area contributed by atoms with Crippen LogP contribution in [-0.4, -0.2) is 17.1 Å². The van der Waals surface area contributed by atoms with Crippen LogP contribution in [-0.2, 0) is 0 Å². The molecule has 3 heteroatoms. The van der Waals surface area contributed by atoms with Gasteiger partial charge in [0.25, 0.3) is 0 Å². The van der Waals surface area contributed by atoms with Crippen LogP contribution in [0.4, 0.5) is 0 Å². The van der Waals surface area contributed by atoms with Crippen molar-refractivity contribution < 1.29 is 9.16 Å². The van der Waals surface area contributed by atoms with Gasteiger partial charge in [-0.25, -0.2) is 0 Å². The van der Waals surface area contributed by atoms with Gasteiger partial charge in [0.15, 0.2) is 5.75 Å². The van der Waals surface area contributed by atoms with Crippen molar-refractivity contribution in [2.75, 3.05) is 6.61 Å². The summed E-state index contributed by atoms with van der Waals surface area (Å²) in [4.78, 5) is 0. The minimum atomic E-state index is 0.682. The van der Waals surface area contributed by atoms with Crippen LogP contribution in [0.5, 0.6) is 11.5 Å². The topological polar surface area (TPSA) is 18.5 Å². The highest BCUT2D eigenvalue weighted by atomic mass is 28.2. The molecule has 0 saturated heterocycles. The Bertz CT molecular complexity index is 225. The third-order valence-electron chi connectivity index (χ3n) is 1.37. The Morgan fingerprint density at radius 3 is 2.45 bits per heavy atom. The molecule has 0 amide bonds. The number of rotatable bonds is 3. The number of hydrogen-bond acceptors (Lipinski definition) is 2. The highest BCUT2D eigenvalue weighted by Crippen LogP contribution is 2.25. The van der Waals surface area contributed by atoms with Crippen LogP contribution < -0.4 is 9.16 Å².